The molecule has 0 unspecified atom stereocenters. The largest absolute Gasteiger partial charge is 0.383 e. The summed E-state index contributed by atoms with van der Waals surface area (Å²) in [5.74, 6) is 0.395. The Hall–Kier alpha value is -0.650. The second-order valence-corrected chi connectivity index (χ2v) is 7.18. The molecule has 0 aromatic heterocycles. The molecule has 2 aliphatic rings. The van der Waals surface area contributed by atoms with Gasteiger partial charge in [0.05, 0.1) is 12.5 Å². The van der Waals surface area contributed by atoms with Crippen LogP contribution in [0.15, 0.2) is 0 Å². The summed E-state index contributed by atoms with van der Waals surface area (Å²) in [6.45, 7) is 4.37. The molecular formula is C17H33N3O2. The van der Waals surface area contributed by atoms with E-state index in [9.17, 15) is 4.79 Å². The van der Waals surface area contributed by atoms with Crippen LogP contribution >= 0.6 is 0 Å². The fraction of sp³-hybridized carbons (Fsp3) is 0.941. The highest BCUT2D eigenvalue weighted by atomic mass is 16.5. The Morgan fingerprint density at radius 3 is 2.68 bits per heavy atom. The first kappa shape index (κ1) is 17.7. The third-order valence-electron chi connectivity index (χ3n) is 5.58. The molecule has 0 aromatic carbocycles. The van der Waals surface area contributed by atoms with Gasteiger partial charge in [0.2, 0.25) is 5.91 Å². The molecule has 2 rings (SSSR count). The smallest absolute Gasteiger partial charge is 0.224 e. The Bertz CT molecular complexity index is 354. The number of likely N-dealkylation sites (tertiary alicyclic amines) is 1. The van der Waals surface area contributed by atoms with Crippen LogP contribution in [0.1, 0.15) is 38.5 Å². The molecule has 1 aliphatic carbocycles. The quantitative estimate of drug-likeness (QED) is 0.770. The predicted octanol–water partition coefficient (Wildman–Crippen LogP) is 1.34. The number of rotatable bonds is 7. The van der Waals surface area contributed by atoms with Gasteiger partial charge in [-0.15, -0.1) is 0 Å². The monoisotopic (exact) mass is 311 g/mol. The zero-order valence-electron chi connectivity index (χ0n) is 14.6. The molecule has 0 radical (unpaired) electrons. The van der Waals surface area contributed by atoms with Crippen LogP contribution in [0.25, 0.3) is 0 Å². The molecule has 1 N–H and O–H groups in total. The van der Waals surface area contributed by atoms with Crippen molar-refractivity contribution in [2.24, 2.45) is 5.92 Å². The number of carbonyl (C=O) groups excluding carboxylic acids is 1. The van der Waals surface area contributed by atoms with Crippen molar-refractivity contribution in [2.75, 3.05) is 54.0 Å². The highest BCUT2D eigenvalue weighted by molar-refractivity contribution is 5.79. The van der Waals surface area contributed by atoms with E-state index in [0.717, 1.165) is 39.2 Å². The standard InChI is InChI=1S/C17H33N3O2/c1-19(2)17(8-5-4-6-9-17)14-18-16(21)15-7-10-20(13-15)11-12-22-3/h15H,4-14H2,1-3H3,(H,18,21)/t15-/m0/s1. The van der Waals surface area contributed by atoms with E-state index in [1.165, 1.54) is 32.1 Å². The van der Waals surface area contributed by atoms with E-state index in [1.54, 1.807) is 7.11 Å². The van der Waals surface area contributed by atoms with E-state index in [2.05, 4.69) is 29.2 Å². The van der Waals surface area contributed by atoms with Gasteiger partial charge in [-0.05, 0) is 39.9 Å². The molecule has 5 nitrogen and oxygen atoms in total. The Morgan fingerprint density at radius 1 is 1.32 bits per heavy atom. The maximum absolute atomic E-state index is 12.5. The van der Waals surface area contributed by atoms with Gasteiger partial charge in [0, 0.05) is 32.3 Å². The van der Waals surface area contributed by atoms with E-state index >= 15 is 0 Å². The van der Waals surface area contributed by atoms with E-state index in [-0.39, 0.29) is 17.4 Å². The SMILES string of the molecule is COCCN1CC[C@H](C(=O)NCC2(N(C)C)CCCCC2)C1. The van der Waals surface area contributed by atoms with Crippen molar-refractivity contribution in [3.8, 4) is 0 Å². The summed E-state index contributed by atoms with van der Waals surface area (Å²) in [4.78, 5) is 17.1. The van der Waals surface area contributed by atoms with Crippen LogP contribution in [0, 0.1) is 5.92 Å². The van der Waals surface area contributed by atoms with Gasteiger partial charge in [-0.3, -0.25) is 4.79 Å². The van der Waals surface area contributed by atoms with Gasteiger partial charge in [0.1, 0.15) is 0 Å². The van der Waals surface area contributed by atoms with Crippen molar-refractivity contribution in [3.63, 3.8) is 0 Å². The number of amides is 1. The molecule has 2 fully saturated rings. The molecule has 1 atom stereocenters. The summed E-state index contributed by atoms with van der Waals surface area (Å²) in [6.07, 6.45) is 7.27. The Kier molecular flexibility index (Phi) is 6.66. The van der Waals surface area contributed by atoms with Crippen LogP contribution in [0.4, 0.5) is 0 Å². The number of methoxy groups -OCH3 is 1. The molecule has 1 amide bonds. The average molecular weight is 311 g/mol. The highest BCUT2D eigenvalue weighted by Gasteiger charge is 2.36. The maximum Gasteiger partial charge on any atom is 0.224 e. The molecule has 128 valence electrons. The molecule has 1 saturated heterocycles. The Morgan fingerprint density at radius 2 is 2.05 bits per heavy atom. The Labute approximate surface area is 135 Å². The maximum atomic E-state index is 12.5. The van der Waals surface area contributed by atoms with Gasteiger partial charge in [0.15, 0.2) is 0 Å². The number of nitrogens with one attached hydrogen (secondary N) is 1. The van der Waals surface area contributed by atoms with Gasteiger partial charge >= 0.3 is 0 Å². The fourth-order valence-corrected chi connectivity index (χ4v) is 3.86. The lowest BCUT2D eigenvalue weighted by molar-refractivity contribution is -0.125. The van der Waals surface area contributed by atoms with E-state index in [4.69, 9.17) is 4.74 Å². The van der Waals surface area contributed by atoms with Crippen LogP contribution < -0.4 is 5.32 Å². The predicted molar refractivity (Wildman–Crippen MR) is 88.9 cm³/mol. The van der Waals surface area contributed by atoms with Gasteiger partial charge in [-0.25, -0.2) is 0 Å². The minimum Gasteiger partial charge on any atom is -0.383 e. The lowest BCUT2D eigenvalue weighted by atomic mass is 9.80. The topological polar surface area (TPSA) is 44.8 Å². The summed E-state index contributed by atoms with van der Waals surface area (Å²) in [6, 6.07) is 0. The lowest BCUT2D eigenvalue weighted by Gasteiger charge is -2.43. The average Bonchev–Trinajstić information content (AvgIpc) is 3.00. The molecule has 0 bridgehead atoms. The van der Waals surface area contributed by atoms with Crippen molar-refractivity contribution in [1.29, 1.82) is 0 Å². The molecule has 22 heavy (non-hydrogen) atoms. The summed E-state index contributed by atoms with van der Waals surface area (Å²) in [5.41, 5.74) is 0.169. The molecular weight excluding hydrogens is 278 g/mol. The molecule has 1 heterocycles. The second kappa shape index (κ2) is 8.27. The first-order chi connectivity index (χ1) is 10.6. The molecule has 0 aromatic rings. The first-order valence-corrected chi connectivity index (χ1v) is 8.74. The van der Waals surface area contributed by atoms with Crippen molar-refractivity contribution in [3.05, 3.63) is 0 Å². The van der Waals surface area contributed by atoms with Crippen LogP contribution in [-0.2, 0) is 9.53 Å². The number of hydrogen-bond donors (Lipinski definition) is 1. The number of hydrogen-bond acceptors (Lipinski definition) is 4. The number of nitrogens with zero attached hydrogens (tertiary/aromatic N) is 2. The summed E-state index contributed by atoms with van der Waals surface area (Å²) >= 11 is 0. The zero-order chi connectivity index (χ0) is 16.0. The summed E-state index contributed by atoms with van der Waals surface area (Å²) < 4.78 is 5.12. The number of likely N-dealkylation sites (N-methyl/N-ethyl adjacent to an activating group) is 1. The highest BCUT2D eigenvalue weighted by Crippen LogP contribution is 2.31. The van der Waals surface area contributed by atoms with Crippen molar-refractivity contribution in [2.45, 2.75) is 44.1 Å². The van der Waals surface area contributed by atoms with E-state index in [0.29, 0.717) is 0 Å². The van der Waals surface area contributed by atoms with Crippen molar-refractivity contribution < 1.29 is 9.53 Å². The number of ether oxygens (including phenoxy) is 1. The van der Waals surface area contributed by atoms with Gasteiger partial charge in [-0.2, -0.15) is 0 Å². The number of carbonyl (C=O) groups is 1. The third kappa shape index (κ3) is 4.43. The van der Waals surface area contributed by atoms with E-state index < -0.39 is 0 Å². The van der Waals surface area contributed by atoms with Crippen LogP contribution in [0.3, 0.4) is 0 Å². The van der Waals surface area contributed by atoms with Gasteiger partial charge in [0.25, 0.3) is 0 Å². The van der Waals surface area contributed by atoms with Crippen molar-refractivity contribution in [1.82, 2.24) is 15.1 Å². The van der Waals surface area contributed by atoms with Gasteiger partial charge < -0.3 is 19.9 Å². The zero-order valence-corrected chi connectivity index (χ0v) is 14.6. The third-order valence-corrected chi connectivity index (χ3v) is 5.58. The molecule has 1 aliphatic heterocycles. The van der Waals surface area contributed by atoms with Crippen LogP contribution in [-0.4, -0.2) is 75.2 Å². The molecule has 1 saturated carbocycles. The second-order valence-electron chi connectivity index (χ2n) is 7.18. The minimum absolute atomic E-state index is 0.152. The van der Waals surface area contributed by atoms with Crippen LogP contribution in [0.2, 0.25) is 0 Å². The summed E-state index contributed by atoms with van der Waals surface area (Å²) in [5, 5.41) is 3.25. The molecule has 0 spiro atoms. The fourth-order valence-electron chi connectivity index (χ4n) is 3.86. The van der Waals surface area contributed by atoms with Crippen molar-refractivity contribution >= 4 is 5.91 Å². The van der Waals surface area contributed by atoms with E-state index in [1.807, 2.05) is 0 Å². The first-order valence-electron chi connectivity index (χ1n) is 8.74. The summed E-state index contributed by atoms with van der Waals surface area (Å²) in [7, 11) is 6.03. The lowest BCUT2D eigenvalue weighted by Crippen LogP contribution is -2.54. The Balaban J connectivity index is 1.79. The minimum atomic E-state index is 0.152. The van der Waals surface area contributed by atoms with Crippen LogP contribution in [0.5, 0.6) is 0 Å². The normalized spacial score (nSPS) is 25.5. The molecule has 5 heteroatoms. The van der Waals surface area contributed by atoms with Gasteiger partial charge in [-0.1, -0.05) is 19.3 Å².